The Morgan fingerprint density at radius 3 is 2.65 bits per heavy atom. The number of hydrogen-bond acceptors (Lipinski definition) is 0. The summed E-state index contributed by atoms with van der Waals surface area (Å²) in [5.41, 5.74) is 6.14. The van der Waals surface area contributed by atoms with E-state index >= 15 is 0 Å². The molecule has 0 amide bonds. The first-order chi connectivity index (χ1) is 8.26. The van der Waals surface area contributed by atoms with E-state index < -0.39 is 0 Å². The molecule has 1 heteroatoms. The molecule has 0 saturated heterocycles. The van der Waals surface area contributed by atoms with Gasteiger partial charge in [0, 0.05) is 4.83 Å². The van der Waals surface area contributed by atoms with E-state index in [1.165, 1.54) is 29.6 Å². The molecule has 1 unspecified atom stereocenters. The van der Waals surface area contributed by atoms with Crippen molar-refractivity contribution in [3.63, 3.8) is 0 Å². The van der Waals surface area contributed by atoms with Crippen LogP contribution in [0.15, 0.2) is 46.6 Å². The van der Waals surface area contributed by atoms with E-state index in [0.29, 0.717) is 4.83 Å². The normalized spacial score (nSPS) is 24.8. The van der Waals surface area contributed by atoms with E-state index in [9.17, 15) is 0 Å². The van der Waals surface area contributed by atoms with Crippen molar-refractivity contribution < 1.29 is 0 Å². The van der Waals surface area contributed by atoms with Gasteiger partial charge in [-0.15, -0.1) is 0 Å². The predicted molar refractivity (Wildman–Crippen MR) is 79.5 cm³/mol. The van der Waals surface area contributed by atoms with Crippen LogP contribution in [0.3, 0.4) is 0 Å². The van der Waals surface area contributed by atoms with Crippen molar-refractivity contribution in [2.45, 2.75) is 50.8 Å². The minimum absolute atomic E-state index is 0.527. The Balaban J connectivity index is 2.35. The molecule has 0 aromatic carbocycles. The van der Waals surface area contributed by atoms with E-state index in [-0.39, 0.29) is 0 Å². The first-order valence-electron chi connectivity index (χ1n) is 6.70. The first kappa shape index (κ1) is 12.9. The quantitative estimate of drug-likeness (QED) is 0.605. The molecule has 0 aromatic rings. The molecule has 0 heterocycles. The van der Waals surface area contributed by atoms with Gasteiger partial charge in [-0.05, 0) is 48.8 Å². The Labute approximate surface area is 113 Å². The standard InChI is InChI=1S/C16H21Br/c1-3-12-7-5-6-8-15(12)16-10-9-14(17)11-13(16)4-2/h7-10,14H,3-6,11H2,1-2H3. The van der Waals surface area contributed by atoms with Crippen LogP contribution in [0.25, 0.3) is 0 Å². The molecular formula is C16H21Br. The molecule has 1 atom stereocenters. The number of rotatable bonds is 3. The van der Waals surface area contributed by atoms with Gasteiger partial charge in [-0.25, -0.2) is 0 Å². The van der Waals surface area contributed by atoms with Crippen LogP contribution >= 0.6 is 15.9 Å². The fourth-order valence-electron chi connectivity index (χ4n) is 2.69. The molecule has 0 fully saturated rings. The molecule has 0 nitrogen and oxygen atoms in total. The number of allylic oxidation sites excluding steroid dienone is 8. The van der Waals surface area contributed by atoms with Crippen molar-refractivity contribution in [3.05, 3.63) is 46.6 Å². The summed E-state index contributed by atoms with van der Waals surface area (Å²) < 4.78 is 0. The van der Waals surface area contributed by atoms with Crippen molar-refractivity contribution in [3.8, 4) is 0 Å². The topological polar surface area (TPSA) is 0 Å². The van der Waals surface area contributed by atoms with E-state index in [2.05, 4.69) is 54.1 Å². The van der Waals surface area contributed by atoms with E-state index in [4.69, 9.17) is 0 Å². The largest absolute Gasteiger partial charge is 0.0842 e. The van der Waals surface area contributed by atoms with Crippen molar-refractivity contribution >= 4 is 15.9 Å². The highest BCUT2D eigenvalue weighted by atomic mass is 79.9. The number of halogens is 1. The van der Waals surface area contributed by atoms with Gasteiger partial charge in [-0.2, -0.15) is 0 Å². The Morgan fingerprint density at radius 2 is 1.94 bits per heavy atom. The maximum atomic E-state index is 3.70. The van der Waals surface area contributed by atoms with Gasteiger partial charge in [0.15, 0.2) is 0 Å². The van der Waals surface area contributed by atoms with Crippen LogP contribution in [0.5, 0.6) is 0 Å². The van der Waals surface area contributed by atoms with Gasteiger partial charge in [-0.1, -0.05) is 59.7 Å². The summed E-state index contributed by atoms with van der Waals surface area (Å²) in [7, 11) is 0. The zero-order chi connectivity index (χ0) is 12.3. The lowest BCUT2D eigenvalue weighted by molar-refractivity contribution is 0.886. The maximum absolute atomic E-state index is 3.70. The van der Waals surface area contributed by atoms with Gasteiger partial charge in [0.1, 0.15) is 0 Å². The molecule has 2 aliphatic carbocycles. The second-order valence-corrected chi connectivity index (χ2v) is 5.90. The third-order valence-corrected chi connectivity index (χ3v) is 4.27. The van der Waals surface area contributed by atoms with Gasteiger partial charge in [0.25, 0.3) is 0 Å². The molecule has 0 saturated carbocycles. The Morgan fingerprint density at radius 1 is 1.18 bits per heavy atom. The van der Waals surface area contributed by atoms with Crippen LogP contribution in [0.1, 0.15) is 46.0 Å². The molecule has 2 rings (SSSR count). The highest BCUT2D eigenvalue weighted by molar-refractivity contribution is 9.09. The van der Waals surface area contributed by atoms with Crippen LogP contribution in [-0.2, 0) is 0 Å². The highest BCUT2D eigenvalue weighted by Gasteiger charge is 2.18. The van der Waals surface area contributed by atoms with Gasteiger partial charge in [0.2, 0.25) is 0 Å². The van der Waals surface area contributed by atoms with Gasteiger partial charge >= 0.3 is 0 Å². The summed E-state index contributed by atoms with van der Waals surface area (Å²) in [5, 5.41) is 0. The molecule has 0 bridgehead atoms. The van der Waals surface area contributed by atoms with Crippen molar-refractivity contribution in [1.29, 1.82) is 0 Å². The van der Waals surface area contributed by atoms with Crippen LogP contribution in [0.4, 0.5) is 0 Å². The summed E-state index contributed by atoms with van der Waals surface area (Å²) in [6.45, 7) is 4.53. The van der Waals surface area contributed by atoms with Gasteiger partial charge < -0.3 is 0 Å². The summed E-state index contributed by atoms with van der Waals surface area (Å²) in [6, 6.07) is 0. The van der Waals surface area contributed by atoms with E-state index in [1.54, 1.807) is 5.57 Å². The Bertz CT molecular complexity index is 407. The second kappa shape index (κ2) is 5.86. The summed E-state index contributed by atoms with van der Waals surface area (Å²) in [6.07, 6.45) is 15.4. The van der Waals surface area contributed by atoms with Crippen LogP contribution in [-0.4, -0.2) is 4.83 Å². The molecule has 0 aromatic heterocycles. The first-order valence-corrected chi connectivity index (χ1v) is 7.62. The SMILES string of the molecule is CCC1=CCCC=C1C1=C(CC)CC(Br)C=C1. The maximum Gasteiger partial charge on any atom is 0.0366 e. The molecule has 0 spiro atoms. The molecular weight excluding hydrogens is 272 g/mol. The predicted octanol–water partition coefficient (Wildman–Crippen LogP) is 5.47. The van der Waals surface area contributed by atoms with E-state index in [1.807, 2.05) is 0 Å². The van der Waals surface area contributed by atoms with Crippen molar-refractivity contribution in [2.75, 3.05) is 0 Å². The third-order valence-electron chi connectivity index (χ3n) is 3.64. The van der Waals surface area contributed by atoms with Crippen LogP contribution in [0.2, 0.25) is 0 Å². The molecule has 92 valence electrons. The Hall–Kier alpha value is -0.560. The highest BCUT2D eigenvalue weighted by Crippen LogP contribution is 2.35. The van der Waals surface area contributed by atoms with Crippen molar-refractivity contribution in [2.24, 2.45) is 0 Å². The summed E-state index contributed by atoms with van der Waals surface area (Å²) in [4.78, 5) is 0.527. The fourth-order valence-corrected chi connectivity index (χ4v) is 3.23. The average molecular weight is 293 g/mol. The number of hydrogen-bond donors (Lipinski definition) is 0. The Kier molecular flexibility index (Phi) is 4.44. The minimum Gasteiger partial charge on any atom is -0.0842 e. The third kappa shape index (κ3) is 2.82. The molecule has 0 aliphatic heterocycles. The van der Waals surface area contributed by atoms with Crippen LogP contribution < -0.4 is 0 Å². The average Bonchev–Trinajstić information content (AvgIpc) is 2.38. The smallest absolute Gasteiger partial charge is 0.0366 e. The fraction of sp³-hybridized carbons (Fsp3) is 0.500. The lowest BCUT2D eigenvalue weighted by Crippen LogP contribution is -2.07. The molecule has 0 N–H and O–H groups in total. The zero-order valence-corrected chi connectivity index (χ0v) is 12.4. The summed E-state index contributed by atoms with van der Waals surface area (Å²) >= 11 is 3.70. The van der Waals surface area contributed by atoms with E-state index in [0.717, 1.165) is 19.3 Å². The van der Waals surface area contributed by atoms with Crippen molar-refractivity contribution in [1.82, 2.24) is 0 Å². The summed E-state index contributed by atoms with van der Waals surface area (Å²) in [5.74, 6) is 0. The van der Waals surface area contributed by atoms with Gasteiger partial charge in [-0.3, -0.25) is 0 Å². The molecule has 0 radical (unpaired) electrons. The second-order valence-electron chi connectivity index (χ2n) is 4.73. The molecule has 17 heavy (non-hydrogen) atoms. The lowest BCUT2D eigenvalue weighted by Gasteiger charge is -2.23. The zero-order valence-electron chi connectivity index (χ0n) is 10.8. The monoisotopic (exact) mass is 292 g/mol. The molecule has 2 aliphatic rings. The van der Waals surface area contributed by atoms with Crippen LogP contribution in [0, 0.1) is 0 Å². The minimum atomic E-state index is 0.527. The van der Waals surface area contributed by atoms with Gasteiger partial charge in [0.05, 0.1) is 0 Å². The number of alkyl halides is 1. The lowest BCUT2D eigenvalue weighted by atomic mass is 9.84.